The zero-order chi connectivity index (χ0) is 13.1. The van der Waals surface area contributed by atoms with Crippen LogP contribution in [0.5, 0.6) is 0 Å². The molecule has 3 rings (SSSR count). The SMILES string of the molecule is NCC(NC1CC1)c1ccc(-c2ccccc2)cc1. The van der Waals surface area contributed by atoms with Crippen molar-refractivity contribution in [2.75, 3.05) is 6.54 Å². The first-order valence-corrected chi connectivity index (χ1v) is 6.98. The van der Waals surface area contributed by atoms with E-state index in [4.69, 9.17) is 5.73 Å². The summed E-state index contributed by atoms with van der Waals surface area (Å²) in [4.78, 5) is 0. The molecule has 98 valence electrons. The summed E-state index contributed by atoms with van der Waals surface area (Å²) in [5.74, 6) is 0. The van der Waals surface area contributed by atoms with Crippen LogP contribution in [-0.2, 0) is 0 Å². The van der Waals surface area contributed by atoms with Gasteiger partial charge in [-0.1, -0.05) is 54.6 Å². The van der Waals surface area contributed by atoms with E-state index in [0.29, 0.717) is 12.6 Å². The van der Waals surface area contributed by atoms with Crippen molar-refractivity contribution in [2.45, 2.75) is 24.9 Å². The monoisotopic (exact) mass is 252 g/mol. The van der Waals surface area contributed by atoms with Gasteiger partial charge in [0.2, 0.25) is 0 Å². The molecule has 2 nitrogen and oxygen atoms in total. The van der Waals surface area contributed by atoms with Gasteiger partial charge in [-0.05, 0) is 29.5 Å². The standard InChI is InChI=1S/C17H20N2/c18-12-17(19-16-10-11-16)15-8-6-14(7-9-15)13-4-2-1-3-5-13/h1-9,16-17,19H,10-12,18H2. The first-order valence-electron chi connectivity index (χ1n) is 6.98. The Balaban J connectivity index is 1.77. The van der Waals surface area contributed by atoms with Crippen LogP contribution in [0.1, 0.15) is 24.4 Å². The quantitative estimate of drug-likeness (QED) is 0.858. The minimum absolute atomic E-state index is 0.289. The van der Waals surface area contributed by atoms with Gasteiger partial charge in [0.25, 0.3) is 0 Å². The van der Waals surface area contributed by atoms with Crippen molar-refractivity contribution in [1.82, 2.24) is 5.32 Å². The third-order valence-electron chi connectivity index (χ3n) is 3.67. The van der Waals surface area contributed by atoms with E-state index >= 15 is 0 Å². The van der Waals surface area contributed by atoms with Crippen LogP contribution in [0.3, 0.4) is 0 Å². The summed E-state index contributed by atoms with van der Waals surface area (Å²) in [6, 6.07) is 20.2. The Hall–Kier alpha value is -1.64. The van der Waals surface area contributed by atoms with Crippen LogP contribution in [0.15, 0.2) is 54.6 Å². The van der Waals surface area contributed by atoms with Gasteiger partial charge >= 0.3 is 0 Å². The number of nitrogens with two attached hydrogens (primary N) is 1. The van der Waals surface area contributed by atoms with Crippen molar-refractivity contribution >= 4 is 0 Å². The summed E-state index contributed by atoms with van der Waals surface area (Å²) in [6.07, 6.45) is 2.58. The van der Waals surface area contributed by atoms with Crippen LogP contribution in [0, 0.1) is 0 Å². The maximum Gasteiger partial charge on any atom is 0.0446 e. The van der Waals surface area contributed by atoms with Crippen LogP contribution in [0.4, 0.5) is 0 Å². The zero-order valence-electron chi connectivity index (χ0n) is 11.0. The van der Waals surface area contributed by atoms with Gasteiger partial charge in [0.1, 0.15) is 0 Å². The Morgan fingerprint density at radius 3 is 2.16 bits per heavy atom. The minimum Gasteiger partial charge on any atom is -0.329 e. The van der Waals surface area contributed by atoms with Gasteiger partial charge in [-0.2, -0.15) is 0 Å². The molecule has 2 aromatic rings. The van der Waals surface area contributed by atoms with Crippen LogP contribution in [0.2, 0.25) is 0 Å². The number of hydrogen-bond donors (Lipinski definition) is 2. The highest BCUT2D eigenvalue weighted by atomic mass is 15.0. The van der Waals surface area contributed by atoms with E-state index in [9.17, 15) is 0 Å². The third-order valence-corrected chi connectivity index (χ3v) is 3.67. The molecule has 0 radical (unpaired) electrons. The Labute approximate surface area is 114 Å². The molecule has 1 fully saturated rings. The summed E-state index contributed by atoms with van der Waals surface area (Å²) < 4.78 is 0. The highest BCUT2D eigenvalue weighted by Crippen LogP contribution is 2.25. The molecule has 1 unspecified atom stereocenters. The normalized spacial score (nSPS) is 16.3. The van der Waals surface area contributed by atoms with Gasteiger partial charge in [-0.3, -0.25) is 0 Å². The first-order chi connectivity index (χ1) is 9.36. The average molecular weight is 252 g/mol. The van der Waals surface area contributed by atoms with Gasteiger partial charge in [0.15, 0.2) is 0 Å². The molecule has 1 aliphatic carbocycles. The van der Waals surface area contributed by atoms with Crippen LogP contribution in [0.25, 0.3) is 11.1 Å². The van der Waals surface area contributed by atoms with E-state index in [1.165, 1.54) is 29.5 Å². The zero-order valence-corrected chi connectivity index (χ0v) is 11.0. The molecule has 3 N–H and O–H groups in total. The fourth-order valence-corrected chi connectivity index (χ4v) is 2.37. The topological polar surface area (TPSA) is 38.0 Å². The molecular formula is C17H20N2. The third kappa shape index (κ3) is 3.03. The summed E-state index contributed by atoms with van der Waals surface area (Å²) in [5.41, 5.74) is 9.67. The second kappa shape index (κ2) is 5.55. The number of nitrogens with one attached hydrogen (secondary N) is 1. The van der Waals surface area contributed by atoms with Crippen LogP contribution in [-0.4, -0.2) is 12.6 Å². The van der Waals surface area contributed by atoms with Gasteiger partial charge in [0, 0.05) is 18.6 Å². The van der Waals surface area contributed by atoms with E-state index in [1.807, 2.05) is 6.07 Å². The number of benzene rings is 2. The molecule has 0 aromatic heterocycles. The molecule has 1 aliphatic rings. The van der Waals surface area contributed by atoms with Gasteiger partial charge in [-0.15, -0.1) is 0 Å². The average Bonchev–Trinajstić information content (AvgIpc) is 3.30. The van der Waals surface area contributed by atoms with Crippen molar-refractivity contribution in [3.05, 3.63) is 60.2 Å². The maximum absolute atomic E-state index is 5.87. The molecule has 0 amide bonds. The molecular weight excluding hydrogens is 232 g/mol. The largest absolute Gasteiger partial charge is 0.329 e. The minimum atomic E-state index is 0.289. The van der Waals surface area contributed by atoms with Gasteiger partial charge in [-0.25, -0.2) is 0 Å². The Morgan fingerprint density at radius 2 is 1.58 bits per heavy atom. The van der Waals surface area contributed by atoms with E-state index in [0.717, 1.165) is 0 Å². The Kier molecular flexibility index (Phi) is 3.62. The summed E-state index contributed by atoms with van der Waals surface area (Å²) in [7, 11) is 0. The molecule has 0 saturated heterocycles. The Morgan fingerprint density at radius 1 is 0.947 bits per heavy atom. The van der Waals surface area contributed by atoms with E-state index < -0.39 is 0 Å². The lowest BCUT2D eigenvalue weighted by molar-refractivity contribution is 0.539. The van der Waals surface area contributed by atoms with Gasteiger partial charge < -0.3 is 11.1 Å². The summed E-state index contributed by atoms with van der Waals surface area (Å²) >= 11 is 0. The lowest BCUT2D eigenvalue weighted by atomic mass is 10.0. The smallest absolute Gasteiger partial charge is 0.0446 e. The number of rotatable bonds is 5. The predicted molar refractivity (Wildman–Crippen MR) is 79.8 cm³/mol. The highest BCUT2D eigenvalue weighted by molar-refractivity contribution is 5.63. The van der Waals surface area contributed by atoms with E-state index in [-0.39, 0.29) is 6.04 Å². The molecule has 0 aliphatic heterocycles. The van der Waals surface area contributed by atoms with Crippen molar-refractivity contribution in [3.8, 4) is 11.1 Å². The lowest BCUT2D eigenvalue weighted by Gasteiger charge is -2.17. The van der Waals surface area contributed by atoms with Crippen LogP contribution >= 0.6 is 0 Å². The van der Waals surface area contributed by atoms with Crippen molar-refractivity contribution in [3.63, 3.8) is 0 Å². The van der Waals surface area contributed by atoms with Crippen molar-refractivity contribution < 1.29 is 0 Å². The maximum atomic E-state index is 5.87. The highest BCUT2D eigenvalue weighted by Gasteiger charge is 2.24. The molecule has 1 saturated carbocycles. The van der Waals surface area contributed by atoms with Gasteiger partial charge in [0.05, 0.1) is 0 Å². The first kappa shape index (κ1) is 12.4. The lowest BCUT2D eigenvalue weighted by Crippen LogP contribution is -2.29. The second-order valence-electron chi connectivity index (χ2n) is 5.22. The molecule has 2 aromatic carbocycles. The molecule has 0 bridgehead atoms. The van der Waals surface area contributed by atoms with Crippen molar-refractivity contribution in [2.24, 2.45) is 5.73 Å². The molecule has 2 heteroatoms. The van der Waals surface area contributed by atoms with E-state index in [1.54, 1.807) is 0 Å². The number of hydrogen-bond acceptors (Lipinski definition) is 2. The molecule has 0 heterocycles. The fourth-order valence-electron chi connectivity index (χ4n) is 2.37. The fraction of sp³-hybridized carbons (Fsp3) is 0.294. The predicted octanol–water partition coefficient (Wildman–Crippen LogP) is 3.11. The Bertz CT molecular complexity index is 515. The second-order valence-corrected chi connectivity index (χ2v) is 5.22. The van der Waals surface area contributed by atoms with E-state index in [2.05, 4.69) is 53.8 Å². The molecule has 0 spiro atoms. The summed E-state index contributed by atoms with van der Waals surface area (Å²) in [6.45, 7) is 0.654. The van der Waals surface area contributed by atoms with Crippen molar-refractivity contribution in [1.29, 1.82) is 0 Å². The van der Waals surface area contributed by atoms with Crippen LogP contribution < -0.4 is 11.1 Å². The molecule has 1 atom stereocenters. The summed E-state index contributed by atoms with van der Waals surface area (Å²) in [5, 5.41) is 3.59. The molecule has 19 heavy (non-hydrogen) atoms.